The Bertz CT molecular complexity index is 601. The van der Waals surface area contributed by atoms with Gasteiger partial charge in [0.15, 0.2) is 0 Å². The third-order valence-corrected chi connectivity index (χ3v) is 3.59. The van der Waals surface area contributed by atoms with E-state index in [2.05, 4.69) is 6.07 Å². The Balaban J connectivity index is 2.47. The van der Waals surface area contributed by atoms with E-state index in [0.717, 1.165) is 22.0 Å². The summed E-state index contributed by atoms with van der Waals surface area (Å²) in [6.07, 6.45) is -2.06. The molecule has 2 nitrogen and oxygen atoms in total. The van der Waals surface area contributed by atoms with Crippen LogP contribution in [0.5, 0.6) is 0 Å². The van der Waals surface area contributed by atoms with E-state index in [1.165, 1.54) is 0 Å². The minimum Gasteiger partial charge on any atom is -0.332 e. The number of likely N-dealkylation sites (N-methyl/N-ethyl adjacent to an activating group) is 1. The van der Waals surface area contributed by atoms with Crippen molar-refractivity contribution in [2.75, 3.05) is 21.2 Å². The SMILES string of the molecule is [2H]C1([2H])c2cccc3cccc(c23)[N+](C)(C)C1OC. The van der Waals surface area contributed by atoms with Crippen LogP contribution in [0.1, 0.15) is 8.30 Å². The second kappa shape index (κ2) is 3.56. The average Bonchev–Trinajstić information content (AvgIpc) is 2.36. The molecule has 3 rings (SSSR count). The van der Waals surface area contributed by atoms with Crippen LogP contribution in [0.3, 0.4) is 0 Å². The molecule has 0 saturated carbocycles. The van der Waals surface area contributed by atoms with Crippen molar-refractivity contribution in [3.05, 3.63) is 42.0 Å². The largest absolute Gasteiger partial charge is 0.332 e. The maximum atomic E-state index is 8.48. The van der Waals surface area contributed by atoms with Crippen molar-refractivity contribution in [3.63, 3.8) is 0 Å². The van der Waals surface area contributed by atoms with Crippen molar-refractivity contribution in [2.45, 2.75) is 12.6 Å². The monoisotopic (exact) mass is 230 g/mol. The van der Waals surface area contributed by atoms with Gasteiger partial charge < -0.3 is 4.74 Å². The van der Waals surface area contributed by atoms with Gasteiger partial charge in [-0.05, 0) is 17.0 Å². The van der Waals surface area contributed by atoms with Crippen molar-refractivity contribution in [3.8, 4) is 0 Å². The number of hydrogen-bond donors (Lipinski definition) is 0. The third kappa shape index (κ3) is 1.41. The number of methoxy groups -OCH3 is 1. The maximum Gasteiger partial charge on any atom is 0.201 e. The Morgan fingerprint density at radius 1 is 1.24 bits per heavy atom. The first-order valence-corrected chi connectivity index (χ1v) is 5.80. The van der Waals surface area contributed by atoms with Gasteiger partial charge in [-0.3, -0.25) is 4.48 Å². The van der Waals surface area contributed by atoms with Crippen molar-refractivity contribution in [1.29, 1.82) is 0 Å². The zero-order chi connectivity index (χ0) is 13.8. The molecule has 0 aromatic heterocycles. The standard InChI is InChI=1S/C15H18NO/c1-16(2)13-9-5-7-11-6-4-8-12(15(11)13)10-14(16)17-3/h4-9,14H,10H2,1-3H3/q+1/i10D2. The van der Waals surface area contributed by atoms with E-state index in [9.17, 15) is 0 Å². The summed E-state index contributed by atoms with van der Waals surface area (Å²) in [7, 11) is 5.57. The number of ether oxygens (including phenoxy) is 1. The number of hydrogen-bond acceptors (Lipinski definition) is 1. The second-order valence-corrected chi connectivity index (χ2v) is 4.95. The molecule has 0 aliphatic carbocycles. The predicted molar refractivity (Wildman–Crippen MR) is 72.1 cm³/mol. The zero-order valence-electron chi connectivity index (χ0n) is 12.4. The summed E-state index contributed by atoms with van der Waals surface area (Å²) < 4.78 is 22.9. The maximum absolute atomic E-state index is 8.48. The van der Waals surface area contributed by atoms with Crippen LogP contribution < -0.4 is 4.48 Å². The first kappa shape index (κ1) is 8.67. The van der Waals surface area contributed by atoms with E-state index in [1.54, 1.807) is 7.11 Å². The molecule has 2 aromatic rings. The molecular weight excluding hydrogens is 210 g/mol. The molecule has 1 unspecified atom stereocenters. The minimum atomic E-state index is -1.51. The molecule has 17 heavy (non-hydrogen) atoms. The van der Waals surface area contributed by atoms with Gasteiger partial charge >= 0.3 is 0 Å². The molecule has 1 atom stereocenters. The van der Waals surface area contributed by atoms with Gasteiger partial charge in [0.25, 0.3) is 0 Å². The highest BCUT2D eigenvalue weighted by Gasteiger charge is 2.37. The van der Waals surface area contributed by atoms with Gasteiger partial charge in [0.05, 0.1) is 20.5 Å². The van der Waals surface area contributed by atoms with E-state index < -0.39 is 12.6 Å². The van der Waals surface area contributed by atoms with Crippen molar-refractivity contribution in [1.82, 2.24) is 4.48 Å². The highest BCUT2D eigenvalue weighted by atomic mass is 16.5. The second-order valence-electron chi connectivity index (χ2n) is 4.95. The van der Waals surface area contributed by atoms with Gasteiger partial charge in [0.2, 0.25) is 6.23 Å². The van der Waals surface area contributed by atoms with Crippen LogP contribution in [0, 0.1) is 0 Å². The third-order valence-electron chi connectivity index (χ3n) is 3.59. The summed E-state index contributed by atoms with van der Waals surface area (Å²) >= 11 is 0. The van der Waals surface area contributed by atoms with Gasteiger partial charge in [-0.1, -0.05) is 30.3 Å². The summed E-state index contributed by atoms with van der Waals surface area (Å²) in [6, 6.07) is 11.9. The van der Waals surface area contributed by atoms with Crippen LogP contribution >= 0.6 is 0 Å². The first-order valence-electron chi connectivity index (χ1n) is 6.80. The summed E-state index contributed by atoms with van der Waals surface area (Å²) in [6.45, 7) is 0. The lowest BCUT2D eigenvalue weighted by atomic mass is 9.94. The normalized spacial score (nSPS) is 26.4. The predicted octanol–water partition coefficient (Wildman–Crippen LogP) is 2.94. The molecule has 2 aromatic carbocycles. The van der Waals surface area contributed by atoms with Crippen LogP contribution in [0.2, 0.25) is 0 Å². The van der Waals surface area contributed by atoms with Crippen LogP contribution in [0.15, 0.2) is 36.4 Å². The number of quaternary nitrogens is 1. The minimum absolute atomic E-state index is 0.387. The molecular formula is C15H18NO+. The van der Waals surface area contributed by atoms with E-state index >= 15 is 0 Å². The molecule has 0 fully saturated rings. The van der Waals surface area contributed by atoms with Crippen LogP contribution in [-0.2, 0) is 11.1 Å². The fourth-order valence-electron chi connectivity index (χ4n) is 2.66. The number of nitrogens with zero attached hydrogens (tertiary/aromatic N) is 1. The Morgan fingerprint density at radius 3 is 2.65 bits per heavy atom. The number of rotatable bonds is 1. The van der Waals surface area contributed by atoms with Gasteiger partial charge in [-0.2, -0.15) is 0 Å². The van der Waals surface area contributed by atoms with Crippen LogP contribution in [0.4, 0.5) is 5.69 Å². The fraction of sp³-hybridized carbons (Fsp3) is 0.333. The Morgan fingerprint density at radius 2 is 1.94 bits per heavy atom. The average molecular weight is 230 g/mol. The van der Waals surface area contributed by atoms with Gasteiger partial charge in [0, 0.05) is 15.2 Å². The summed E-state index contributed by atoms with van der Waals surface area (Å²) in [4.78, 5) is 0. The molecule has 1 aliphatic rings. The van der Waals surface area contributed by atoms with Crippen molar-refractivity contribution < 1.29 is 7.48 Å². The van der Waals surface area contributed by atoms with E-state index in [-0.39, 0.29) is 0 Å². The quantitative estimate of drug-likeness (QED) is 0.684. The van der Waals surface area contributed by atoms with Gasteiger partial charge in [0.1, 0.15) is 5.69 Å². The molecule has 0 radical (unpaired) electrons. The molecule has 1 aliphatic heterocycles. The molecule has 0 N–H and O–H groups in total. The lowest BCUT2D eigenvalue weighted by Crippen LogP contribution is -2.54. The summed E-state index contributed by atoms with van der Waals surface area (Å²) in [5.41, 5.74) is 1.83. The Kier molecular flexibility index (Phi) is 1.81. The topological polar surface area (TPSA) is 9.23 Å². The molecule has 0 amide bonds. The first-order chi connectivity index (χ1) is 8.90. The molecule has 0 bridgehead atoms. The zero-order valence-corrected chi connectivity index (χ0v) is 10.4. The van der Waals surface area contributed by atoms with E-state index in [1.807, 2.05) is 44.4 Å². The Labute approximate surface area is 105 Å². The van der Waals surface area contributed by atoms with Gasteiger partial charge in [-0.25, -0.2) is 0 Å². The van der Waals surface area contributed by atoms with Crippen molar-refractivity contribution >= 4 is 16.5 Å². The highest BCUT2D eigenvalue weighted by Crippen LogP contribution is 2.39. The fourth-order valence-corrected chi connectivity index (χ4v) is 2.66. The highest BCUT2D eigenvalue weighted by molar-refractivity contribution is 5.97. The summed E-state index contributed by atoms with van der Waals surface area (Å²) in [5, 5.41) is 2.10. The lowest BCUT2D eigenvalue weighted by Gasteiger charge is -2.40. The smallest absolute Gasteiger partial charge is 0.201 e. The molecule has 0 saturated heterocycles. The molecule has 0 spiro atoms. The van der Waals surface area contributed by atoms with Gasteiger partial charge in [-0.15, -0.1) is 0 Å². The van der Waals surface area contributed by atoms with E-state index in [4.69, 9.17) is 7.48 Å². The summed E-state index contributed by atoms with van der Waals surface area (Å²) in [5.74, 6) is 0. The van der Waals surface area contributed by atoms with Crippen LogP contribution in [0.25, 0.3) is 10.8 Å². The molecule has 2 heteroatoms. The van der Waals surface area contributed by atoms with E-state index in [0.29, 0.717) is 4.48 Å². The number of benzene rings is 2. The lowest BCUT2D eigenvalue weighted by molar-refractivity contribution is -0.000640. The Hall–Kier alpha value is -1.38. The van der Waals surface area contributed by atoms with Crippen molar-refractivity contribution in [2.24, 2.45) is 0 Å². The van der Waals surface area contributed by atoms with Crippen LogP contribution in [-0.4, -0.2) is 27.4 Å². The molecule has 88 valence electrons. The molecule has 1 heterocycles.